The van der Waals surface area contributed by atoms with Crippen molar-refractivity contribution in [3.05, 3.63) is 83.9 Å². The average Bonchev–Trinajstić information content (AvgIpc) is 3.20. The Balaban J connectivity index is 1.37. The third-order valence-corrected chi connectivity index (χ3v) is 7.63. The SMILES string of the molecule is C1=C[C@H]2c3ccc4ccccc4c3N[C@@H](c3ccc(OC4CSC4)cc3)[C@H]2C1. The van der Waals surface area contributed by atoms with Crippen LogP contribution < -0.4 is 10.1 Å². The summed E-state index contributed by atoms with van der Waals surface area (Å²) in [6, 6.07) is 22.4. The van der Waals surface area contributed by atoms with Crippen molar-refractivity contribution in [3.8, 4) is 5.75 Å². The topological polar surface area (TPSA) is 21.3 Å². The molecule has 2 heterocycles. The van der Waals surface area contributed by atoms with Crippen LogP contribution in [0.1, 0.15) is 29.5 Å². The molecule has 3 heteroatoms. The molecule has 3 aromatic rings. The zero-order valence-electron chi connectivity index (χ0n) is 15.7. The smallest absolute Gasteiger partial charge is 0.119 e. The molecule has 0 spiro atoms. The van der Waals surface area contributed by atoms with Gasteiger partial charge in [-0.1, -0.05) is 60.7 Å². The van der Waals surface area contributed by atoms with Gasteiger partial charge >= 0.3 is 0 Å². The zero-order chi connectivity index (χ0) is 18.5. The van der Waals surface area contributed by atoms with Gasteiger partial charge in [-0.05, 0) is 41.0 Å². The van der Waals surface area contributed by atoms with Crippen LogP contribution in [0.2, 0.25) is 0 Å². The molecule has 0 saturated carbocycles. The maximum Gasteiger partial charge on any atom is 0.119 e. The maximum absolute atomic E-state index is 6.04. The Kier molecular flexibility index (Phi) is 3.90. The van der Waals surface area contributed by atoms with Gasteiger partial charge in [-0.25, -0.2) is 0 Å². The van der Waals surface area contributed by atoms with E-state index < -0.39 is 0 Å². The minimum absolute atomic E-state index is 0.326. The van der Waals surface area contributed by atoms with Gasteiger partial charge < -0.3 is 10.1 Å². The van der Waals surface area contributed by atoms with E-state index in [-0.39, 0.29) is 0 Å². The van der Waals surface area contributed by atoms with Crippen molar-refractivity contribution in [3.63, 3.8) is 0 Å². The Hall–Kier alpha value is -2.39. The molecule has 1 N–H and O–H groups in total. The highest BCUT2D eigenvalue weighted by Crippen LogP contribution is 2.51. The van der Waals surface area contributed by atoms with Gasteiger partial charge in [0.05, 0.1) is 6.04 Å². The highest BCUT2D eigenvalue weighted by molar-refractivity contribution is 8.00. The summed E-state index contributed by atoms with van der Waals surface area (Å²) in [5.41, 5.74) is 4.10. The number of nitrogens with one attached hydrogen (secondary N) is 1. The number of fused-ring (bicyclic) bond motifs is 5. The highest BCUT2D eigenvalue weighted by Gasteiger charge is 2.38. The molecule has 0 amide bonds. The Bertz CT molecular complexity index is 1050. The van der Waals surface area contributed by atoms with Crippen LogP contribution in [0, 0.1) is 5.92 Å². The number of hydrogen-bond acceptors (Lipinski definition) is 3. The summed E-state index contributed by atoms with van der Waals surface area (Å²) >= 11 is 1.95. The fourth-order valence-corrected chi connectivity index (χ4v) is 5.46. The third-order valence-electron chi connectivity index (χ3n) is 6.41. The molecule has 140 valence electrons. The molecule has 0 aromatic heterocycles. The van der Waals surface area contributed by atoms with Crippen LogP contribution in [-0.4, -0.2) is 17.6 Å². The molecule has 28 heavy (non-hydrogen) atoms. The minimum atomic E-state index is 0.326. The monoisotopic (exact) mass is 385 g/mol. The molecule has 6 rings (SSSR count). The molecule has 3 aliphatic rings. The van der Waals surface area contributed by atoms with Crippen LogP contribution in [0.15, 0.2) is 72.8 Å². The number of anilines is 1. The van der Waals surface area contributed by atoms with E-state index >= 15 is 0 Å². The second kappa shape index (κ2) is 6.59. The van der Waals surface area contributed by atoms with Gasteiger partial charge in [-0.15, -0.1) is 0 Å². The molecule has 2 aliphatic heterocycles. The van der Waals surface area contributed by atoms with Crippen molar-refractivity contribution in [1.29, 1.82) is 0 Å². The van der Waals surface area contributed by atoms with Crippen molar-refractivity contribution in [2.75, 3.05) is 16.8 Å². The maximum atomic E-state index is 6.04. The van der Waals surface area contributed by atoms with E-state index in [0.717, 1.165) is 23.7 Å². The van der Waals surface area contributed by atoms with Gasteiger partial charge in [0, 0.05) is 28.5 Å². The van der Waals surface area contributed by atoms with Crippen molar-refractivity contribution < 1.29 is 4.74 Å². The number of thioether (sulfide) groups is 1. The van der Waals surface area contributed by atoms with Gasteiger partial charge in [0.2, 0.25) is 0 Å². The fraction of sp³-hybridized carbons (Fsp3) is 0.280. The van der Waals surface area contributed by atoms with Gasteiger partial charge in [-0.2, -0.15) is 11.8 Å². The normalized spacial score (nSPS) is 25.6. The molecular formula is C25H23NOS. The minimum Gasteiger partial charge on any atom is -0.489 e. The molecule has 3 atom stereocenters. The summed E-state index contributed by atoms with van der Waals surface area (Å²) in [6.07, 6.45) is 6.30. The first-order valence-corrected chi connectivity index (χ1v) is 11.3. The molecule has 2 nitrogen and oxygen atoms in total. The van der Waals surface area contributed by atoms with Crippen molar-refractivity contribution in [2.24, 2.45) is 5.92 Å². The lowest BCUT2D eigenvalue weighted by Crippen LogP contribution is -2.31. The Morgan fingerprint density at radius 3 is 2.61 bits per heavy atom. The van der Waals surface area contributed by atoms with Crippen LogP contribution >= 0.6 is 11.8 Å². The van der Waals surface area contributed by atoms with E-state index in [1.165, 1.54) is 27.6 Å². The van der Waals surface area contributed by atoms with E-state index in [2.05, 4.69) is 78.1 Å². The molecule has 0 unspecified atom stereocenters. The molecule has 3 aromatic carbocycles. The summed E-state index contributed by atoms with van der Waals surface area (Å²) < 4.78 is 6.04. The first kappa shape index (κ1) is 16.6. The Labute approximate surface area is 170 Å². The van der Waals surface area contributed by atoms with E-state index in [0.29, 0.717) is 24.0 Å². The molecule has 1 fully saturated rings. The molecule has 0 bridgehead atoms. The van der Waals surface area contributed by atoms with E-state index in [1.807, 2.05) is 11.8 Å². The third kappa shape index (κ3) is 2.64. The van der Waals surface area contributed by atoms with Crippen LogP contribution in [0.4, 0.5) is 5.69 Å². The Morgan fingerprint density at radius 1 is 0.929 bits per heavy atom. The Morgan fingerprint density at radius 2 is 1.79 bits per heavy atom. The van der Waals surface area contributed by atoms with Gasteiger partial charge in [0.1, 0.15) is 11.9 Å². The van der Waals surface area contributed by atoms with Gasteiger partial charge in [-0.3, -0.25) is 0 Å². The van der Waals surface area contributed by atoms with Crippen LogP contribution in [-0.2, 0) is 0 Å². The lowest BCUT2D eigenvalue weighted by molar-refractivity contribution is 0.240. The predicted octanol–water partition coefficient (Wildman–Crippen LogP) is 6.16. The molecular weight excluding hydrogens is 362 g/mol. The van der Waals surface area contributed by atoms with Crippen molar-refractivity contribution >= 4 is 28.2 Å². The summed E-state index contributed by atoms with van der Waals surface area (Å²) in [4.78, 5) is 0. The quantitative estimate of drug-likeness (QED) is 0.546. The van der Waals surface area contributed by atoms with Crippen molar-refractivity contribution in [1.82, 2.24) is 0 Å². The summed E-state index contributed by atoms with van der Waals surface area (Å²) in [6.45, 7) is 0. The first-order chi connectivity index (χ1) is 13.9. The van der Waals surface area contributed by atoms with Crippen LogP contribution in [0.25, 0.3) is 10.8 Å². The number of rotatable bonds is 3. The number of benzene rings is 3. The first-order valence-electron chi connectivity index (χ1n) is 10.2. The van der Waals surface area contributed by atoms with Gasteiger partial charge in [0.15, 0.2) is 0 Å². The summed E-state index contributed by atoms with van der Waals surface area (Å²) in [5.74, 6) is 4.30. The highest BCUT2D eigenvalue weighted by atomic mass is 32.2. The van der Waals surface area contributed by atoms with Crippen LogP contribution in [0.5, 0.6) is 5.75 Å². The number of ether oxygens (including phenoxy) is 1. The van der Waals surface area contributed by atoms with E-state index in [4.69, 9.17) is 4.74 Å². The molecule has 1 aliphatic carbocycles. The molecule has 1 saturated heterocycles. The largest absolute Gasteiger partial charge is 0.489 e. The lowest BCUT2D eigenvalue weighted by atomic mass is 9.76. The van der Waals surface area contributed by atoms with E-state index in [1.54, 1.807) is 0 Å². The van der Waals surface area contributed by atoms with E-state index in [9.17, 15) is 0 Å². The fourth-order valence-electron chi connectivity index (χ4n) is 4.90. The second-order valence-electron chi connectivity index (χ2n) is 8.07. The molecule has 0 radical (unpaired) electrons. The number of allylic oxidation sites excluding steroid dienone is 2. The van der Waals surface area contributed by atoms with Crippen molar-refractivity contribution in [2.45, 2.75) is 24.5 Å². The predicted molar refractivity (Wildman–Crippen MR) is 118 cm³/mol. The second-order valence-corrected chi connectivity index (χ2v) is 9.15. The summed E-state index contributed by atoms with van der Waals surface area (Å²) in [5, 5.41) is 6.55. The lowest BCUT2D eigenvalue weighted by Gasteiger charge is -2.38. The van der Waals surface area contributed by atoms with Gasteiger partial charge in [0.25, 0.3) is 0 Å². The zero-order valence-corrected chi connectivity index (χ0v) is 16.5. The average molecular weight is 386 g/mol. The number of hydrogen-bond donors (Lipinski definition) is 1. The summed E-state index contributed by atoms with van der Waals surface area (Å²) in [7, 11) is 0. The van der Waals surface area contributed by atoms with Crippen LogP contribution in [0.3, 0.4) is 0 Å². The standard InChI is InChI=1S/C25H23NOS/c1-2-5-20-16(4-1)10-13-23-21-6-3-7-22(21)24(26-25(20)23)17-8-11-18(12-9-17)27-19-14-28-15-19/h1-6,8-13,19,21-22,24,26H,7,14-15H2/t21-,22+,24+/m1/s1.